The molecule has 0 aliphatic carbocycles. The quantitative estimate of drug-likeness (QED) is 0.508. The topological polar surface area (TPSA) is 60.7 Å². The monoisotopic (exact) mass is 402 g/mol. The van der Waals surface area contributed by atoms with Crippen molar-refractivity contribution in [3.05, 3.63) is 65.1 Å². The lowest BCUT2D eigenvalue weighted by Crippen LogP contribution is -2.05. The van der Waals surface area contributed by atoms with E-state index in [1.54, 1.807) is 6.21 Å². The summed E-state index contributed by atoms with van der Waals surface area (Å²) >= 11 is 0. The third kappa shape index (κ3) is 3.75. The third-order valence-corrected chi connectivity index (χ3v) is 4.56. The number of pyridine rings is 1. The molecule has 0 fully saturated rings. The number of nitrogens with zero attached hydrogens (tertiary/aromatic N) is 3. The molecule has 29 heavy (non-hydrogen) atoms. The van der Waals surface area contributed by atoms with Crippen molar-refractivity contribution in [2.45, 2.75) is 20.0 Å². The number of halogens is 3. The highest BCUT2D eigenvalue weighted by molar-refractivity contribution is 5.82. The summed E-state index contributed by atoms with van der Waals surface area (Å²) in [4.78, 5) is 3.73. The normalized spacial score (nSPS) is 13.3. The molecule has 150 valence electrons. The van der Waals surface area contributed by atoms with Gasteiger partial charge in [0, 0.05) is 34.9 Å². The number of ether oxygens (including phenoxy) is 2. The summed E-state index contributed by atoms with van der Waals surface area (Å²) in [5.41, 5.74) is 5.58. The first kappa shape index (κ1) is 18.9. The van der Waals surface area contributed by atoms with Crippen molar-refractivity contribution in [3.63, 3.8) is 0 Å². The van der Waals surface area contributed by atoms with Crippen LogP contribution in [0.25, 0.3) is 5.69 Å². The molecule has 2 aromatic heterocycles. The largest absolute Gasteiger partial charge is 0.454 e. The molecule has 0 saturated heterocycles. The van der Waals surface area contributed by atoms with Crippen LogP contribution in [-0.4, -0.2) is 22.6 Å². The zero-order chi connectivity index (χ0) is 20.6. The molecular formula is C20H17F3N4O2. The number of hydrazone groups is 1. The molecule has 1 aliphatic heterocycles. The van der Waals surface area contributed by atoms with Gasteiger partial charge in [0.2, 0.25) is 6.79 Å². The molecule has 0 amide bonds. The number of aryl methyl sites for hydroxylation is 1. The number of rotatable bonds is 4. The number of aromatic nitrogens is 2. The van der Waals surface area contributed by atoms with Gasteiger partial charge in [0.05, 0.1) is 11.8 Å². The second kappa shape index (κ2) is 7.16. The van der Waals surface area contributed by atoms with Crippen LogP contribution in [0.4, 0.5) is 19.0 Å². The molecule has 0 unspecified atom stereocenters. The fraction of sp³-hybridized carbons (Fsp3) is 0.200. The Morgan fingerprint density at radius 1 is 1.10 bits per heavy atom. The van der Waals surface area contributed by atoms with E-state index in [1.165, 1.54) is 6.07 Å². The maximum Gasteiger partial charge on any atom is 0.417 e. The number of alkyl halides is 3. The molecule has 0 radical (unpaired) electrons. The minimum atomic E-state index is -4.42. The zero-order valence-electron chi connectivity index (χ0n) is 15.6. The fourth-order valence-electron chi connectivity index (χ4n) is 3.14. The SMILES string of the molecule is Cc1cc(/C=N\Nc2ccc(C(F)(F)F)cn2)c(C)n1-c1ccc2c(c1)OCO2. The molecular weight excluding hydrogens is 385 g/mol. The van der Waals surface area contributed by atoms with Gasteiger partial charge in [0.25, 0.3) is 0 Å². The molecule has 1 aliphatic rings. The number of anilines is 1. The van der Waals surface area contributed by atoms with Crippen LogP contribution in [0.2, 0.25) is 0 Å². The van der Waals surface area contributed by atoms with E-state index in [0.29, 0.717) is 11.5 Å². The van der Waals surface area contributed by atoms with Crippen LogP contribution >= 0.6 is 0 Å². The molecule has 6 nitrogen and oxygen atoms in total. The zero-order valence-corrected chi connectivity index (χ0v) is 15.6. The molecule has 0 saturated carbocycles. The number of benzene rings is 1. The predicted molar refractivity (Wildman–Crippen MR) is 102 cm³/mol. The second-order valence-electron chi connectivity index (χ2n) is 6.50. The average Bonchev–Trinajstić information content (AvgIpc) is 3.25. The van der Waals surface area contributed by atoms with E-state index < -0.39 is 11.7 Å². The van der Waals surface area contributed by atoms with Crippen molar-refractivity contribution in [1.29, 1.82) is 0 Å². The van der Waals surface area contributed by atoms with E-state index in [-0.39, 0.29) is 12.6 Å². The lowest BCUT2D eigenvalue weighted by atomic mass is 10.2. The predicted octanol–water partition coefficient (Wildman–Crippen LogP) is 4.68. The minimum Gasteiger partial charge on any atom is -0.454 e. The molecule has 9 heteroatoms. The van der Waals surface area contributed by atoms with Gasteiger partial charge in [-0.15, -0.1) is 0 Å². The van der Waals surface area contributed by atoms with Gasteiger partial charge in [-0.2, -0.15) is 18.3 Å². The Hall–Kier alpha value is -3.49. The molecule has 0 bridgehead atoms. The van der Waals surface area contributed by atoms with Crippen LogP contribution in [0.15, 0.2) is 47.7 Å². The fourth-order valence-corrected chi connectivity index (χ4v) is 3.14. The standard InChI is InChI=1S/C20H17F3N4O2/c1-12-7-14(9-25-26-19-6-3-15(10-24-19)20(21,22)23)13(2)27(12)16-4-5-17-18(8-16)29-11-28-17/h3-10H,11H2,1-2H3,(H,24,26)/b25-9-. The first-order valence-corrected chi connectivity index (χ1v) is 8.74. The molecule has 1 N–H and O–H groups in total. The first-order chi connectivity index (χ1) is 13.8. The van der Waals surface area contributed by atoms with Crippen LogP contribution in [0.5, 0.6) is 11.5 Å². The maximum absolute atomic E-state index is 12.6. The van der Waals surface area contributed by atoms with Crippen molar-refractivity contribution in [2.75, 3.05) is 12.2 Å². The molecule has 1 aromatic carbocycles. The highest BCUT2D eigenvalue weighted by Gasteiger charge is 2.30. The second-order valence-corrected chi connectivity index (χ2v) is 6.50. The number of fused-ring (bicyclic) bond motifs is 1. The molecule has 0 spiro atoms. The van der Waals surface area contributed by atoms with Crippen LogP contribution in [0.3, 0.4) is 0 Å². The summed E-state index contributed by atoms with van der Waals surface area (Å²) < 4.78 is 50.6. The van der Waals surface area contributed by atoms with Crippen molar-refractivity contribution >= 4 is 12.0 Å². The van der Waals surface area contributed by atoms with Crippen molar-refractivity contribution in [1.82, 2.24) is 9.55 Å². The maximum atomic E-state index is 12.6. The summed E-state index contributed by atoms with van der Waals surface area (Å²) in [6, 6.07) is 9.87. The summed E-state index contributed by atoms with van der Waals surface area (Å²) in [5, 5.41) is 4.09. The minimum absolute atomic E-state index is 0.212. The number of nitrogens with one attached hydrogen (secondary N) is 1. The van der Waals surface area contributed by atoms with E-state index in [1.807, 2.05) is 38.1 Å². The van der Waals surface area contributed by atoms with Crippen LogP contribution in [0, 0.1) is 13.8 Å². The lowest BCUT2D eigenvalue weighted by Gasteiger charge is -2.10. The Kier molecular flexibility index (Phi) is 4.65. The van der Waals surface area contributed by atoms with Crippen LogP contribution in [-0.2, 0) is 6.18 Å². The van der Waals surface area contributed by atoms with Gasteiger partial charge >= 0.3 is 6.18 Å². The Bertz CT molecular complexity index is 1070. The number of hydrogen-bond acceptors (Lipinski definition) is 5. The van der Waals surface area contributed by atoms with Crippen LogP contribution in [0.1, 0.15) is 22.5 Å². The Balaban J connectivity index is 1.52. The van der Waals surface area contributed by atoms with E-state index >= 15 is 0 Å². The summed E-state index contributed by atoms with van der Waals surface area (Å²) in [6.45, 7) is 4.14. The van der Waals surface area contributed by atoms with Crippen molar-refractivity contribution < 1.29 is 22.6 Å². The number of hydrogen-bond donors (Lipinski definition) is 1. The van der Waals surface area contributed by atoms with Crippen LogP contribution < -0.4 is 14.9 Å². The summed E-state index contributed by atoms with van der Waals surface area (Å²) in [7, 11) is 0. The Morgan fingerprint density at radius 2 is 1.90 bits per heavy atom. The highest BCUT2D eigenvalue weighted by Crippen LogP contribution is 2.34. The van der Waals surface area contributed by atoms with E-state index in [4.69, 9.17) is 9.47 Å². The van der Waals surface area contributed by atoms with E-state index in [2.05, 4.69) is 20.1 Å². The molecule has 0 atom stereocenters. The Labute approximate surface area is 164 Å². The summed E-state index contributed by atoms with van der Waals surface area (Å²) in [5.74, 6) is 1.63. The van der Waals surface area contributed by atoms with Gasteiger partial charge in [-0.25, -0.2) is 4.98 Å². The van der Waals surface area contributed by atoms with Gasteiger partial charge < -0.3 is 14.0 Å². The molecule has 3 aromatic rings. The average molecular weight is 402 g/mol. The smallest absolute Gasteiger partial charge is 0.417 e. The van der Waals surface area contributed by atoms with E-state index in [0.717, 1.165) is 34.9 Å². The van der Waals surface area contributed by atoms with Gasteiger partial charge in [-0.3, -0.25) is 5.43 Å². The van der Waals surface area contributed by atoms with Gasteiger partial charge in [0.15, 0.2) is 11.5 Å². The molecule has 3 heterocycles. The first-order valence-electron chi connectivity index (χ1n) is 8.74. The van der Waals surface area contributed by atoms with Gasteiger partial charge in [-0.05, 0) is 44.2 Å². The van der Waals surface area contributed by atoms with Crippen molar-refractivity contribution in [3.8, 4) is 17.2 Å². The van der Waals surface area contributed by atoms with Gasteiger partial charge in [0.1, 0.15) is 5.82 Å². The molecule has 4 rings (SSSR count). The lowest BCUT2D eigenvalue weighted by molar-refractivity contribution is -0.137. The van der Waals surface area contributed by atoms with Crippen molar-refractivity contribution in [2.24, 2.45) is 5.10 Å². The summed E-state index contributed by atoms with van der Waals surface area (Å²) in [6.07, 6.45) is -2.05. The Morgan fingerprint density at radius 3 is 2.62 bits per heavy atom. The van der Waals surface area contributed by atoms with Gasteiger partial charge in [-0.1, -0.05) is 0 Å². The third-order valence-electron chi connectivity index (χ3n) is 4.56. The highest BCUT2D eigenvalue weighted by atomic mass is 19.4. The van der Waals surface area contributed by atoms with E-state index in [9.17, 15) is 13.2 Å².